The average molecular weight is 572 g/mol. The van der Waals surface area contributed by atoms with Crippen LogP contribution < -0.4 is 10.2 Å². The highest BCUT2D eigenvalue weighted by atomic mass is 79.9. The minimum absolute atomic E-state index is 0.0173. The highest BCUT2D eigenvalue weighted by Gasteiger charge is 2.26. The van der Waals surface area contributed by atoms with Crippen molar-refractivity contribution in [1.29, 1.82) is 0 Å². The molecule has 1 amide bonds. The van der Waals surface area contributed by atoms with Gasteiger partial charge in [-0.05, 0) is 68.1 Å². The Bertz CT molecular complexity index is 1230. The molecule has 2 aromatic carbocycles. The Labute approximate surface area is 224 Å². The molecule has 0 saturated carbocycles. The Morgan fingerprint density at radius 3 is 2.56 bits per heavy atom. The zero-order chi connectivity index (χ0) is 25.9. The molecule has 36 heavy (non-hydrogen) atoms. The third kappa shape index (κ3) is 6.75. The number of anilines is 1. The maximum absolute atomic E-state index is 13.0. The Morgan fingerprint density at radius 1 is 1.14 bits per heavy atom. The van der Waals surface area contributed by atoms with Gasteiger partial charge in [0.2, 0.25) is 0 Å². The molecule has 1 saturated heterocycles. The van der Waals surface area contributed by atoms with Gasteiger partial charge in [-0.2, -0.15) is 0 Å². The summed E-state index contributed by atoms with van der Waals surface area (Å²) in [5.41, 5.74) is 3.37. The van der Waals surface area contributed by atoms with Crippen molar-refractivity contribution in [2.75, 3.05) is 18.0 Å². The summed E-state index contributed by atoms with van der Waals surface area (Å²) in [5, 5.41) is 12.2. The molecule has 1 aromatic heterocycles. The summed E-state index contributed by atoms with van der Waals surface area (Å²) < 4.78 is 6.27. The van der Waals surface area contributed by atoms with Gasteiger partial charge in [0, 0.05) is 34.5 Å². The topological polar surface area (TPSA) is 78.9 Å². The number of hydrogen-bond donors (Lipinski definition) is 2. The fourth-order valence-electron chi connectivity index (χ4n) is 4.14. The first-order chi connectivity index (χ1) is 17.1. The number of carbonyl (C=O) groups excluding carboxylic acids is 2. The number of amides is 1. The van der Waals surface area contributed by atoms with Crippen molar-refractivity contribution in [3.63, 3.8) is 0 Å². The zero-order valence-electron chi connectivity index (χ0n) is 20.7. The van der Waals surface area contributed by atoms with Crippen LogP contribution in [0.15, 0.2) is 59.1 Å². The number of thiophene rings is 1. The first-order valence-corrected chi connectivity index (χ1v) is 13.6. The lowest BCUT2D eigenvalue weighted by Gasteiger charge is -2.22. The van der Waals surface area contributed by atoms with E-state index in [4.69, 9.17) is 4.74 Å². The summed E-state index contributed by atoms with van der Waals surface area (Å²) in [5.74, 6) is 0.0782. The van der Waals surface area contributed by atoms with Crippen LogP contribution in [0.25, 0.3) is 10.4 Å². The Kier molecular flexibility index (Phi) is 8.17. The molecule has 1 atom stereocenters. The predicted octanol–water partition coefficient (Wildman–Crippen LogP) is 6.20. The van der Waals surface area contributed by atoms with E-state index in [-0.39, 0.29) is 24.5 Å². The fourth-order valence-corrected chi connectivity index (χ4v) is 5.60. The molecule has 1 fully saturated rings. The van der Waals surface area contributed by atoms with Crippen LogP contribution in [0.1, 0.15) is 48.0 Å². The second-order valence-corrected chi connectivity index (χ2v) is 11.9. The number of ether oxygens (including phenoxy) is 1. The van der Waals surface area contributed by atoms with Crippen molar-refractivity contribution in [2.45, 2.75) is 51.9 Å². The summed E-state index contributed by atoms with van der Waals surface area (Å²) >= 11 is 5.14. The van der Waals surface area contributed by atoms with Crippen LogP contribution in [0.5, 0.6) is 0 Å². The van der Waals surface area contributed by atoms with Gasteiger partial charge in [-0.1, -0.05) is 46.3 Å². The number of carbonyl (C=O) groups is 2. The second-order valence-electron chi connectivity index (χ2n) is 9.97. The lowest BCUT2D eigenvalue weighted by atomic mass is 10.1. The van der Waals surface area contributed by atoms with Crippen LogP contribution in [-0.4, -0.2) is 41.7 Å². The third-order valence-electron chi connectivity index (χ3n) is 5.96. The minimum atomic E-state index is -0.517. The maximum Gasteiger partial charge on any atom is 0.407 e. The molecule has 8 heteroatoms. The molecule has 0 unspecified atom stereocenters. The van der Waals surface area contributed by atoms with E-state index in [0.717, 1.165) is 49.6 Å². The van der Waals surface area contributed by atoms with Crippen molar-refractivity contribution in [3.05, 3.63) is 75.1 Å². The van der Waals surface area contributed by atoms with Crippen molar-refractivity contribution in [2.24, 2.45) is 0 Å². The fraction of sp³-hybridized carbons (Fsp3) is 0.357. The van der Waals surface area contributed by atoms with Crippen LogP contribution in [0.3, 0.4) is 0 Å². The number of ketones is 1. The monoisotopic (exact) mass is 570 g/mol. The van der Waals surface area contributed by atoms with Gasteiger partial charge >= 0.3 is 6.09 Å². The summed E-state index contributed by atoms with van der Waals surface area (Å²) in [7, 11) is 0. The van der Waals surface area contributed by atoms with Gasteiger partial charge in [-0.3, -0.25) is 4.79 Å². The van der Waals surface area contributed by atoms with Gasteiger partial charge < -0.3 is 20.1 Å². The molecule has 190 valence electrons. The van der Waals surface area contributed by atoms with Gasteiger partial charge in [-0.15, -0.1) is 11.3 Å². The van der Waals surface area contributed by atoms with E-state index in [1.807, 2.05) is 75.4 Å². The van der Waals surface area contributed by atoms with Crippen LogP contribution in [0.4, 0.5) is 10.5 Å². The van der Waals surface area contributed by atoms with Gasteiger partial charge in [0.1, 0.15) is 5.60 Å². The normalized spacial score (nSPS) is 15.7. The molecule has 0 aliphatic carbocycles. The van der Waals surface area contributed by atoms with E-state index >= 15 is 0 Å². The molecule has 3 aromatic rings. The molecule has 1 aliphatic rings. The smallest absolute Gasteiger partial charge is 0.407 e. The number of aliphatic hydroxyl groups is 1. The van der Waals surface area contributed by atoms with Gasteiger partial charge in [0.05, 0.1) is 17.5 Å². The van der Waals surface area contributed by atoms with Crippen LogP contribution in [0.2, 0.25) is 0 Å². The summed E-state index contributed by atoms with van der Waals surface area (Å²) in [6, 6.07) is 17.7. The number of halogens is 1. The predicted molar refractivity (Wildman–Crippen MR) is 148 cm³/mol. The molecule has 2 N–H and O–H groups in total. The van der Waals surface area contributed by atoms with Crippen molar-refractivity contribution in [1.82, 2.24) is 5.32 Å². The van der Waals surface area contributed by atoms with Gasteiger partial charge in [0.15, 0.2) is 5.78 Å². The number of hydrogen-bond acceptors (Lipinski definition) is 6. The number of Topliss-reactive ketones (excluding diaryl/α,β-unsaturated/α-hetero) is 1. The van der Waals surface area contributed by atoms with Gasteiger partial charge in [0.25, 0.3) is 0 Å². The van der Waals surface area contributed by atoms with E-state index < -0.39 is 5.60 Å². The Morgan fingerprint density at radius 2 is 1.89 bits per heavy atom. The minimum Gasteiger partial charge on any atom is -0.444 e. The first-order valence-electron chi connectivity index (χ1n) is 12.0. The van der Waals surface area contributed by atoms with Crippen molar-refractivity contribution < 1.29 is 19.4 Å². The zero-order valence-corrected chi connectivity index (χ0v) is 23.1. The second kappa shape index (κ2) is 11.2. The van der Waals surface area contributed by atoms with Crippen molar-refractivity contribution in [3.8, 4) is 10.4 Å². The van der Waals surface area contributed by atoms with E-state index in [9.17, 15) is 14.7 Å². The third-order valence-corrected chi connectivity index (χ3v) is 7.88. The van der Waals surface area contributed by atoms with E-state index in [1.54, 1.807) is 0 Å². The van der Waals surface area contributed by atoms with Crippen LogP contribution >= 0.6 is 27.3 Å². The number of nitrogens with one attached hydrogen (secondary N) is 1. The summed E-state index contributed by atoms with van der Waals surface area (Å²) in [6.07, 6.45) is 0.775. The molecule has 4 rings (SSSR count). The summed E-state index contributed by atoms with van der Waals surface area (Å²) in [6.45, 7) is 7.12. The van der Waals surface area contributed by atoms with Crippen LogP contribution in [-0.2, 0) is 17.8 Å². The quantitative estimate of drug-likeness (QED) is 0.331. The van der Waals surface area contributed by atoms with E-state index in [2.05, 4.69) is 26.1 Å². The first kappa shape index (κ1) is 26.4. The Balaban J connectivity index is 1.36. The Hall–Kier alpha value is -2.68. The lowest BCUT2D eigenvalue weighted by Crippen LogP contribution is -2.40. The lowest BCUT2D eigenvalue weighted by molar-refractivity contribution is 0.0509. The number of aliphatic hydroxyl groups excluding tert-OH is 1. The molecule has 6 nitrogen and oxygen atoms in total. The number of benzene rings is 2. The molecule has 0 spiro atoms. The molecule has 0 radical (unpaired) electrons. The standard InChI is InChI=1S/C28H31BrN2O4S/c1-28(2,3)35-27(34)30-21-12-13-31(16-21)22-9-8-20(23(29)15-22)14-24(33)26-11-10-25(36-26)19-6-4-18(17-32)5-7-19/h4-11,15,21,32H,12-14,16-17H2,1-3H3,(H,30,34)/t21-/m0/s1. The summed E-state index contributed by atoms with van der Waals surface area (Å²) in [4.78, 5) is 29.1. The van der Waals surface area contributed by atoms with E-state index in [1.165, 1.54) is 11.3 Å². The number of nitrogens with zero attached hydrogens (tertiary/aromatic N) is 1. The average Bonchev–Trinajstić information content (AvgIpc) is 3.49. The molecule has 2 heterocycles. The highest BCUT2D eigenvalue weighted by molar-refractivity contribution is 9.10. The number of alkyl carbamates (subject to hydrolysis) is 1. The van der Waals surface area contributed by atoms with Gasteiger partial charge in [-0.25, -0.2) is 4.79 Å². The largest absolute Gasteiger partial charge is 0.444 e. The molecule has 1 aliphatic heterocycles. The highest BCUT2D eigenvalue weighted by Crippen LogP contribution is 2.31. The van der Waals surface area contributed by atoms with Crippen LogP contribution in [0, 0.1) is 0 Å². The van der Waals surface area contributed by atoms with E-state index in [0.29, 0.717) is 13.0 Å². The van der Waals surface area contributed by atoms with Crippen molar-refractivity contribution >= 4 is 44.8 Å². The molecular weight excluding hydrogens is 540 g/mol. The SMILES string of the molecule is CC(C)(C)OC(=O)N[C@H]1CCN(c2ccc(CC(=O)c3ccc(-c4ccc(CO)cc4)s3)c(Br)c2)C1. The maximum atomic E-state index is 13.0. The number of rotatable bonds is 7. The molecule has 0 bridgehead atoms. The molecular formula is C28H31BrN2O4S.